The van der Waals surface area contributed by atoms with E-state index in [0.717, 1.165) is 24.5 Å². The van der Waals surface area contributed by atoms with Gasteiger partial charge in [0.25, 0.3) is 0 Å². The topological polar surface area (TPSA) is 83.0 Å². The van der Waals surface area contributed by atoms with Gasteiger partial charge < -0.3 is 10.6 Å². The van der Waals surface area contributed by atoms with Gasteiger partial charge in [0.15, 0.2) is 10.9 Å². The Morgan fingerprint density at radius 3 is 2.88 bits per heavy atom. The second-order valence-corrected chi connectivity index (χ2v) is 7.33. The van der Waals surface area contributed by atoms with Crippen molar-refractivity contribution in [3.8, 4) is 0 Å². The van der Waals surface area contributed by atoms with Crippen LogP contribution in [0, 0.1) is 5.82 Å². The predicted octanol–water partition coefficient (Wildman–Crippen LogP) is 1.44. The first-order valence-electron chi connectivity index (χ1n) is 8.15. The molecule has 2 aromatic heterocycles. The number of anilines is 1. The molecule has 0 aliphatic carbocycles. The first kappa shape index (κ1) is 17.8. The zero-order chi connectivity index (χ0) is 17.8. The van der Waals surface area contributed by atoms with Gasteiger partial charge in [0.2, 0.25) is 5.91 Å². The number of amides is 1. The van der Waals surface area contributed by atoms with Crippen LogP contribution >= 0.6 is 11.3 Å². The molecule has 0 saturated carbocycles. The number of carbonyl (C=O) groups excluding carboxylic acids is 1. The van der Waals surface area contributed by atoms with Crippen molar-refractivity contribution in [1.82, 2.24) is 25.2 Å². The minimum absolute atomic E-state index is 0.115. The van der Waals surface area contributed by atoms with E-state index in [2.05, 4.69) is 37.4 Å². The lowest BCUT2D eigenvalue weighted by atomic mass is 10.1. The molecule has 2 atom stereocenters. The predicted molar refractivity (Wildman–Crippen MR) is 93.8 cm³/mol. The van der Waals surface area contributed by atoms with E-state index in [1.54, 1.807) is 0 Å². The van der Waals surface area contributed by atoms with Crippen LogP contribution in [0.15, 0.2) is 18.6 Å². The summed E-state index contributed by atoms with van der Waals surface area (Å²) in [4.78, 5) is 26.9. The number of nitrogens with one attached hydrogen (secondary N) is 2. The summed E-state index contributed by atoms with van der Waals surface area (Å²) in [5, 5.41) is 6.83. The summed E-state index contributed by atoms with van der Waals surface area (Å²) >= 11 is 1.49. The monoisotopic (exact) mass is 364 g/mol. The minimum atomic E-state index is -0.421. The van der Waals surface area contributed by atoms with Gasteiger partial charge in [-0.1, -0.05) is 0 Å². The second kappa shape index (κ2) is 7.94. The maximum absolute atomic E-state index is 12.9. The molecule has 2 aromatic rings. The van der Waals surface area contributed by atoms with Gasteiger partial charge in [-0.3, -0.25) is 9.69 Å². The van der Waals surface area contributed by atoms with E-state index in [1.807, 2.05) is 6.20 Å². The van der Waals surface area contributed by atoms with Gasteiger partial charge in [-0.25, -0.2) is 19.3 Å². The second-order valence-electron chi connectivity index (χ2n) is 6.22. The number of rotatable bonds is 5. The summed E-state index contributed by atoms with van der Waals surface area (Å²) in [5.74, 6) is 0.103. The average Bonchev–Trinajstić information content (AvgIpc) is 2.99. The SMILES string of the molecule is CC(=O)Nc1ncc(CN2CC(Cc3ncc(F)cn3)NC[C@@H]2C)s1. The number of aromatic nitrogens is 3. The average molecular weight is 364 g/mol. The molecule has 25 heavy (non-hydrogen) atoms. The van der Waals surface area contributed by atoms with Gasteiger partial charge >= 0.3 is 0 Å². The molecule has 134 valence electrons. The molecule has 1 saturated heterocycles. The van der Waals surface area contributed by atoms with Gasteiger partial charge in [-0.05, 0) is 6.92 Å². The van der Waals surface area contributed by atoms with Crippen LogP contribution in [0.1, 0.15) is 24.5 Å². The largest absolute Gasteiger partial charge is 0.311 e. The first-order valence-corrected chi connectivity index (χ1v) is 8.97. The zero-order valence-electron chi connectivity index (χ0n) is 14.2. The zero-order valence-corrected chi connectivity index (χ0v) is 15.0. The lowest BCUT2D eigenvalue weighted by Gasteiger charge is -2.38. The van der Waals surface area contributed by atoms with E-state index < -0.39 is 5.82 Å². The minimum Gasteiger partial charge on any atom is -0.311 e. The molecule has 3 rings (SSSR count). The summed E-state index contributed by atoms with van der Waals surface area (Å²) in [5.41, 5.74) is 0. The van der Waals surface area contributed by atoms with Crippen LogP contribution in [-0.4, -0.2) is 50.9 Å². The third-order valence-corrected chi connectivity index (χ3v) is 4.98. The van der Waals surface area contributed by atoms with Crippen LogP contribution < -0.4 is 10.6 Å². The van der Waals surface area contributed by atoms with Crippen molar-refractivity contribution in [2.75, 3.05) is 18.4 Å². The molecule has 7 nitrogen and oxygen atoms in total. The fourth-order valence-corrected chi connectivity index (χ4v) is 3.69. The molecule has 3 heterocycles. The fourth-order valence-electron chi connectivity index (χ4n) is 2.80. The summed E-state index contributed by atoms with van der Waals surface area (Å²) in [7, 11) is 0. The Morgan fingerprint density at radius 1 is 1.40 bits per heavy atom. The van der Waals surface area contributed by atoms with Crippen molar-refractivity contribution in [2.45, 2.75) is 38.9 Å². The quantitative estimate of drug-likeness (QED) is 0.835. The number of piperazine rings is 1. The molecule has 0 aromatic carbocycles. The van der Waals surface area contributed by atoms with Crippen molar-refractivity contribution in [3.05, 3.63) is 35.1 Å². The van der Waals surface area contributed by atoms with Crippen LogP contribution in [-0.2, 0) is 17.8 Å². The lowest BCUT2D eigenvalue weighted by molar-refractivity contribution is -0.114. The molecule has 0 radical (unpaired) electrons. The molecular weight excluding hydrogens is 343 g/mol. The van der Waals surface area contributed by atoms with E-state index in [4.69, 9.17) is 0 Å². The molecule has 1 aliphatic rings. The van der Waals surface area contributed by atoms with Crippen LogP contribution in [0.5, 0.6) is 0 Å². The molecule has 2 N–H and O–H groups in total. The number of hydrogen-bond acceptors (Lipinski definition) is 7. The maximum atomic E-state index is 12.9. The Labute approximate surface area is 149 Å². The molecule has 1 fully saturated rings. The van der Waals surface area contributed by atoms with E-state index in [0.29, 0.717) is 23.4 Å². The van der Waals surface area contributed by atoms with Crippen LogP contribution in [0.4, 0.5) is 9.52 Å². The number of halogens is 1. The summed E-state index contributed by atoms with van der Waals surface area (Å²) in [6.45, 7) is 6.13. The van der Waals surface area contributed by atoms with E-state index in [1.165, 1.54) is 30.7 Å². The molecule has 9 heteroatoms. The van der Waals surface area contributed by atoms with Crippen molar-refractivity contribution in [1.29, 1.82) is 0 Å². The maximum Gasteiger partial charge on any atom is 0.223 e. The highest BCUT2D eigenvalue weighted by Gasteiger charge is 2.26. The van der Waals surface area contributed by atoms with Crippen LogP contribution in [0.3, 0.4) is 0 Å². The molecule has 0 bridgehead atoms. The Hall–Kier alpha value is -1.97. The standard InChI is InChI=1S/C16H21FN6OS/c1-10-4-18-13(3-15-19-5-12(17)6-20-15)8-23(10)9-14-7-21-16(25-14)22-11(2)24/h5-7,10,13,18H,3-4,8-9H2,1-2H3,(H,21,22,24)/t10-,13?/m0/s1. The smallest absolute Gasteiger partial charge is 0.223 e. The van der Waals surface area contributed by atoms with Gasteiger partial charge in [0.1, 0.15) is 5.82 Å². The van der Waals surface area contributed by atoms with Crippen molar-refractivity contribution in [2.24, 2.45) is 0 Å². The Kier molecular flexibility index (Phi) is 5.67. The van der Waals surface area contributed by atoms with Gasteiger partial charge in [0, 0.05) is 56.1 Å². The number of nitrogens with zero attached hydrogens (tertiary/aromatic N) is 4. The Bertz CT molecular complexity index is 722. The lowest BCUT2D eigenvalue weighted by Crippen LogP contribution is -2.55. The molecule has 1 amide bonds. The van der Waals surface area contributed by atoms with Gasteiger partial charge in [0.05, 0.1) is 12.4 Å². The third-order valence-electron chi connectivity index (χ3n) is 4.08. The van der Waals surface area contributed by atoms with Gasteiger partial charge in [-0.15, -0.1) is 11.3 Å². The highest BCUT2D eigenvalue weighted by molar-refractivity contribution is 7.15. The van der Waals surface area contributed by atoms with E-state index in [-0.39, 0.29) is 11.9 Å². The summed E-state index contributed by atoms with van der Waals surface area (Å²) in [6.07, 6.45) is 4.87. The third kappa shape index (κ3) is 5.00. The van der Waals surface area contributed by atoms with Crippen LogP contribution in [0.25, 0.3) is 0 Å². The van der Waals surface area contributed by atoms with Crippen molar-refractivity contribution in [3.63, 3.8) is 0 Å². The number of carbonyl (C=O) groups is 1. The molecule has 1 aliphatic heterocycles. The summed E-state index contributed by atoms with van der Waals surface area (Å²) < 4.78 is 12.9. The first-order chi connectivity index (χ1) is 12.0. The van der Waals surface area contributed by atoms with E-state index in [9.17, 15) is 9.18 Å². The van der Waals surface area contributed by atoms with Crippen molar-refractivity contribution < 1.29 is 9.18 Å². The Balaban J connectivity index is 1.59. The summed E-state index contributed by atoms with van der Waals surface area (Å²) in [6, 6.07) is 0.598. The van der Waals surface area contributed by atoms with Gasteiger partial charge in [-0.2, -0.15) is 0 Å². The number of hydrogen-bond donors (Lipinski definition) is 2. The molecule has 0 spiro atoms. The normalized spacial score (nSPS) is 21.2. The highest BCUT2D eigenvalue weighted by atomic mass is 32.1. The molecular formula is C16H21FN6OS. The van der Waals surface area contributed by atoms with Crippen molar-refractivity contribution >= 4 is 22.4 Å². The number of thiazole rings is 1. The Morgan fingerprint density at radius 2 is 2.16 bits per heavy atom. The van der Waals surface area contributed by atoms with E-state index >= 15 is 0 Å². The van der Waals surface area contributed by atoms with Crippen LogP contribution in [0.2, 0.25) is 0 Å². The molecule has 1 unspecified atom stereocenters. The fraction of sp³-hybridized carbons (Fsp3) is 0.500. The highest BCUT2D eigenvalue weighted by Crippen LogP contribution is 2.22.